The summed E-state index contributed by atoms with van der Waals surface area (Å²) in [6, 6.07) is 0. The van der Waals surface area contributed by atoms with Crippen LogP contribution in [0.2, 0.25) is 0 Å². The van der Waals surface area contributed by atoms with Crippen LogP contribution in [0.1, 0.15) is 13.3 Å². The molecule has 0 saturated heterocycles. The Morgan fingerprint density at radius 2 is 2.33 bits per heavy atom. The molecule has 0 bridgehead atoms. The van der Waals surface area contributed by atoms with Crippen molar-refractivity contribution in [2.75, 3.05) is 23.9 Å². The van der Waals surface area contributed by atoms with Crippen LogP contribution in [-0.4, -0.2) is 49.3 Å². The van der Waals surface area contributed by atoms with Gasteiger partial charge in [0.05, 0.1) is 5.75 Å². The van der Waals surface area contributed by atoms with Crippen molar-refractivity contribution in [3.05, 3.63) is 0 Å². The Balaban J connectivity index is 2.31. The lowest BCUT2D eigenvalue weighted by Gasteiger charge is -2.07. The zero-order valence-corrected chi connectivity index (χ0v) is 12.5. The molecule has 0 aromatic carbocycles. The molecule has 0 aliphatic carbocycles. The minimum atomic E-state index is -0.871. The van der Waals surface area contributed by atoms with E-state index in [4.69, 9.17) is 5.11 Å². The Hall–Kier alpha value is -0.670. The molecule has 102 valence electrons. The van der Waals surface area contributed by atoms with Crippen LogP contribution in [0, 0.1) is 0 Å². The summed E-state index contributed by atoms with van der Waals surface area (Å²) >= 11 is 2.48. The predicted octanol–water partition coefficient (Wildman–Crippen LogP) is 1.28. The van der Waals surface area contributed by atoms with Gasteiger partial charge in [0.25, 0.3) is 0 Å². The van der Waals surface area contributed by atoms with E-state index in [1.54, 1.807) is 6.26 Å². The summed E-state index contributed by atoms with van der Waals surface area (Å²) in [5, 5.41) is 20.2. The van der Waals surface area contributed by atoms with Crippen LogP contribution in [0.3, 0.4) is 0 Å². The highest BCUT2D eigenvalue weighted by Crippen LogP contribution is 2.25. The van der Waals surface area contributed by atoms with E-state index in [0.29, 0.717) is 16.0 Å². The number of carboxylic acids is 1. The summed E-state index contributed by atoms with van der Waals surface area (Å²) in [7, 11) is -0.813. The molecule has 0 amide bonds. The Labute approximate surface area is 116 Å². The molecular formula is C9H15N3O3S3. The van der Waals surface area contributed by atoms with Gasteiger partial charge in [-0.15, -0.1) is 10.2 Å². The lowest BCUT2D eigenvalue weighted by molar-refractivity contribution is -0.133. The minimum absolute atomic E-state index is 0.0134. The topological polar surface area (TPSA) is 92.2 Å². The average Bonchev–Trinajstić information content (AvgIpc) is 2.74. The molecule has 0 spiro atoms. The molecule has 9 heteroatoms. The highest BCUT2D eigenvalue weighted by Gasteiger charge is 2.08. The highest BCUT2D eigenvalue weighted by atomic mass is 32.2. The van der Waals surface area contributed by atoms with Gasteiger partial charge in [-0.25, -0.2) is 0 Å². The van der Waals surface area contributed by atoms with E-state index in [2.05, 4.69) is 15.5 Å². The second-order valence-corrected chi connectivity index (χ2v) is 7.58. The second kappa shape index (κ2) is 7.70. The van der Waals surface area contributed by atoms with Gasteiger partial charge in [-0.2, -0.15) is 0 Å². The maximum atomic E-state index is 11.1. The number of anilines is 1. The van der Waals surface area contributed by atoms with Crippen LogP contribution in [0.25, 0.3) is 0 Å². The quantitative estimate of drug-likeness (QED) is 0.699. The number of hydrogen-bond donors (Lipinski definition) is 2. The van der Waals surface area contributed by atoms with Crippen molar-refractivity contribution in [2.24, 2.45) is 0 Å². The fourth-order valence-electron chi connectivity index (χ4n) is 1.01. The molecule has 0 radical (unpaired) electrons. The van der Waals surface area contributed by atoms with Crippen molar-refractivity contribution in [1.82, 2.24) is 10.2 Å². The summed E-state index contributed by atoms with van der Waals surface area (Å²) in [4.78, 5) is 10.4. The molecule has 1 heterocycles. The number of rotatable bonds is 8. The van der Waals surface area contributed by atoms with Crippen molar-refractivity contribution in [1.29, 1.82) is 0 Å². The van der Waals surface area contributed by atoms with E-state index in [1.807, 2.05) is 6.92 Å². The highest BCUT2D eigenvalue weighted by molar-refractivity contribution is 8.01. The maximum absolute atomic E-state index is 11.1. The number of aliphatic carboxylic acids is 1. The summed E-state index contributed by atoms with van der Waals surface area (Å²) in [6.45, 7) is 2.62. The van der Waals surface area contributed by atoms with E-state index < -0.39 is 16.8 Å². The largest absolute Gasteiger partial charge is 0.481 e. The third-order valence-corrected chi connectivity index (χ3v) is 5.49. The minimum Gasteiger partial charge on any atom is -0.481 e. The van der Waals surface area contributed by atoms with Gasteiger partial charge in [-0.3, -0.25) is 9.00 Å². The van der Waals surface area contributed by atoms with Crippen LogP contribution in [0.15, 0.2) is 4.34 Å². The van der Waals surface area contributed by atoms with E-state index >= 15 is 0 Å². The smallest absolute Gasteiger partial charge is 0.313 e. The molecule has 0 saturated carbocycles. The summed E-state index contributed by atoms with van der Waals surface area (Å²) < 4.78 is 11.8. The summed E-state index contributed by atoms with van der Waals surface area (Å²) in [5.41, 5.74) is 0. The first-order valence-corrected chi connectivity index (χ1v) is 8.65. The maximum Gasteiger partial charge on any atom is 0.313 e. The van der Waals surface area contributed by atoms with Crippen molar-refractivity contribution in [3.8, 4) is 0 Å². The number of carbonyl (C=O) groups is 1. The predicted molar refractivity (Wildman–Crippen MR) is 74.9 cm³/mol. The van der Waals surface area contributed by atoms with Crippen LogP contribution < -0.4 is 5.32 Å². The Bertz CT molecular complexity index is 424. The lowest BCUT2D eigenvalue weighted by atomic mass is 10.3. The standard InChI is InChI=1S/C9H15N3O3S3/c1-6(18(2)15)3-4-10-8-11-12-9(17-8)16-5-7(13)14/h6H,3-5H2,1-2H3,(H,10,11)(H,13,14). The summed E-state index contributed by atoms with van der Waals surface area (Å²) in [6.07, 6.45) is 2.48. The zero-order chi connectivity index (χ0) is 13.5. The molecule has 18 heavy (non-hydrogen) atoms. The molecule has 1 rings (SSSR count). The number of thioether (sulfide) groups is 1. The van der Waals surface area contributed by atoms with Crippen LogP contribution in [0.4, 0.5) is 5.13 Å². The van der Waals surface area contributed by atoms with Crippen LogP contribution in [-0.2, 0) is 15.6 Å². The third-order valence-electron chi connectivity index (χ3n) is 2.12. The molecule has 2 atom stereocenters. The molecule has 6 nitrogen and oxygen atoms in total. The molecule has 2 N–H and O–H groups in total. The summed E-state index contributed by atoms with van der Waals surface area (Å²) in [5.74, 6) is -0.885. The van der Waals surface area contributed by atoms with Gasteiger partial charge in [-0.1, -0.05) is 30.0 Å². The van der Waals surface area contributed by atoms with Gasteiger partial charge in [0.1, 0.15) is 0 Å². The van der Waals surface area contributed by atoms with Crippen molar-refractivity contribution >= 4 is 45.0 Å². The van der Waals surface area contributed by atoms with E-state index in [0.717, 1.165) is 18.2 Å². The molecule has 1 aromatic heterocycles. The van der Waals surface area contributed by atoms with Gasteiger partial charge < -0.3 is 10.4 Å². The Kier molecular flexibility index (Phi) is 6.58. The number of aromatic nitrogens is 2. The molecule has 1 aromatic rings. The molecule has 0 aliphatic rings. The molecule has 2 unspecified atom stereocenters. The number of hydrogen-bond acceptors (Lipinski definition) is 7. The molecular weight excluding hydrogens is 294 g/mol. The normalized spacial score (nSPS) is 14.1. The average molecular weight is 309 g/mol. The third kappa shape index (κ3) is 5.78. The Morgan fingerprint density at radius 3 is 2.94 bits per heavy atom. The van der Waals surface area contributed by atoms with Crippen molar-refractivity contribution < 1.29 is 14.1 Å². The van der Waals surface area contributed by atoms with Gasteiger partial charge >= 0.3 is 5.97 Å². The molecule has 0 fully saturated rings. The van der Waals surface area contributed by atoms with Gasteiger partial charge in [0, 0.05) is 28.9 Å². The fourth-order valence-corrected chi connectivity index (χ4v) is 2.96. The fraction of sp³-hybridized carbons (Fsp3) is 0.667. The van der Waals surface area contributed by atoms with Gasteiger partial charge in [0.2, 0.25) is 5.13 Å². The lowest BCUT2D eigenvalue weighted by Crippen LogP contribution is -2.14. The first-order chi connectivity index (χ1) is 8.49. The molecule has 0 aliphatic heterocycles. The monoisotopic (exact) mass is 309 g/mol. The SMILES string of the molecule is CC(CCNc1nnc(SCC(=O)O)s1)S(C)=O. The second-order valence-electron chi connectivity index (χ2n) is 3.58. The number of nitrogens with one attached hydrogen (secondary N) is 1. The van der Waals surface area contributed by atoms with E-state index in [9.17, 15) is 9.00 Å². The number of nitrogens with zero attached hydrogens (tertiary/aromatic N) is 2. The van der Waals surface area contributed by atoms with Crippen molar-refractivity contribution in [3.63, 3.8) is 0 Å². The van der Waals surface area contributed by atoms with Gasteiger partial charge in [0.15, 0.2) is 4.34 Å². The van der Waals surface area contributed by atoms with Gasteiger partial charge in [-0.05, 0) is 6.42 Å². The Morgan fingerprint density at radius 1 is 1.61 bits per heavy atom. The van der Waals surface area contributed by atoms with Crippen molar-refractivity contribution in [2.45, 2.75) is 22.9 Å². The van der Waals surface area contributed by atoms with Crippen LogP contribution in [0.5, 0.6) is 0 Å². The van der Waals surface area contributed by atoms with E-state index in [-0.39, 0.29) is 11.0 Å². The number of carboxylic acid groups (broad SMARTS) is 1. The van der Waals surface area contributed by atoms with E-state index in [1.165, 1.54) is 11.3 Å². The zero-order valence-electron chi connectivity index (χ0n) is 10.1. The van der Waals surface area contributed by atoms with Crippen LogP contribution >= 0.6 is 23.1 Å². The first kappa shape index (κ1) is 15.4. The first-order valence-electron chi connectivity index (χ1n) is 5.23.